The Morgan fingerprint density at radius 2 is 1.53 bits per heavy atom. The Labute approximate surface area is 199 Å². The highest BCUT2D eigenvalue weighted by molar-refractivity contribution is 7.89. The number of methoxy groups -OCH3 is 2. The number of nitrogens with one attached hydrogen (secondary N) is 1. The van der Waals surface area contributed by atoms with Crippen molar-refractivity contribution in [1.29, 1.82) is 0 Å². The number of rotatable bonds is 9. The van der Waals surface area contributed by atoms with Crippen molar-refractivity contribution in [2.45, 2.75) is 17.4 Å². The smallest absolute Gasteiger partial charge is 0.339 e. The molecular formula is C25H26N2O6S. The summed E-state index contributed by atoms with van der Waals surface area (Å²) in [5.41, 5.74) is 1.09. The van der Waals surface area contributed by atoms with Crippen molar-refractivity contribution in [2.75, 3.05) is 26.6 Å². The number of sulfonamides is 1. The molecule has 1 N–H and O–H groups in total. The number of ether oxygens (including phenoxy) is 2. The number of hydrogen-bond donors (Lipinski definition) is 1. The van der Waals surface area contributed by atoms with Crippen LogP contribution in [0.25, 0.3) is 0 Å². The molecule has 0 aliphatic carbocycles. The third kappa shape index (κ3) is 5.62. The van der Waals surface area contributed by atoms with Crippen LogP contribution in [0, 0.1) is 0 Å². The number of amides is 1. The van der Waals surface area contributed by atoms with Gasteiger partial charge in [-0.3, -0.25) is 4.79 Å². The second-order valence-electron chi connectivity index (χ2n) is 7.41. The van der Waals surface area contributed by atoms with Gasteiger partial charge in [-0.15, -0.1) is 0 Å². The Balaban J connectivity index is 1.93. The summed E-state index contributed by atoms with van der Waals surface area (Å²) in [6.07, 6.45) is -0.190. The lowest BCUT2D eigenvalue weighted by molar-refractivity contribution is -0.117. The van der Waals surface area contributed by atoms with Gasteiger partial charge in [-0.1, -0.05) is 42.5 Å². The number of esters is 1. The number of carbonyl (C=O) groups is 2. The minimum Gasteiger partial charge on any atom is -0.497 e. The van der Waals surface area contributed by atoms with Crippen molar-refractivity contribution in [1.82, 2.24) is 4.31 Å². The molecule has 0 saturated carbocycles. The van der Waals surface area contributed by atoms with Crippen LogP contribution in [0.1, 0.15) is 28.4 Å². The molecule has 9 heteroatoms. The van der Waals surface area contributed by atoms with Crippen LogP contribution in [-0.4, -0.2) is 45.9 Å². The highest BCUT2D eigenvalue weighted by Crippen LogP contribution is 2.30. The van der Waals surface area contributed by atoms with E-state index in [-0.39, 0.29) is 22.6 Å². The van der Waals surface area contributed by atoms with Crippen LogP contribution < -0.4 is 10.1 Å². The van der Waals surface area contributed by atoms with Gasteiger partial charge in [0.2, 0.25) is 15.9 Å². The summed E-state index contributed by atoms with van der Waals surface area (Å²) in [5, 5.41) is 2.71. The molecule has 0 aliphatic heterocycles. The third-order valence-corrected chi connectivity index (χ3v) is 7.23. The van der Waals surface area contributed by atoms with E-state index in [1.807, 2.05) is 0 Å². The van der Waals surface area contributed by atoms with Crippen LogP contribution in [0.4, 0.5) is 5.69 Å². The van der Waals surface area contributed by atoms with E-state index < -0.39 is 27.9 Å². The second-order valence-corrected chi connectivity index (χ2v) is 9.41. The largest absolute Gasteiger partial charge is 0.497 e. The van der Waals surface area contributed by atoms with Crippen molar-refractivity contribution in [3.05, 3.63) is 90.0 Å². The maximum absolute atomic E-state index is 13.3. The van der Waals surface area contributed by atoms with Crippen LogP contribution >= 0.6 is 0 Å². The van der Waals surface area contributed by atoms with Crippen molar-refractivity contribution in [3.63, 3.8) is 0 Å². The molecule has 8 nitrogen and oxygen atoms in total. The van der Waals surface area contributed by atoms with Gasteiger partial charge in [0.05, 0.1) is 36.4 Å². The number of anilines is 1. The molecule has 3 rings (SSSR count). The highest BCUT2D eigenvalue weighted by Gasteiger charge is 2.31. The van der Waals surface area contributed by atoms with Gasteiger partial charge in [-0.2, -0.15) is 4.31 Å². The SMILES string of the molecule is COC(=O)c1ccccc1NC(=O)C[C@@H](c1ccc(OC)cc1)N(C)S(=O)(=O)c1ccccc1. The lowest BCUT2D eigenvalue weighted by Crippen LogP contribution is -2.34. The molecule has 0 spiro atoms. The minimum absolute atomic E-state index is 0.118. The Morgan fingerprint density at radius 1 is 0.912 bits per heavy atom. The zero-order chi connectivity index (χ0) is 24.7. The van der Waals surface area contributed by atoms with Gasteiger partial charge in [-0.05, 0) is 42.0 Å². The summed E-state index contributed by atoms with van der Waals surface area (Å²) in [6.45, 7) is 0. The van der Waals surface area contributed by atoms with Crippen molar-refractivity contribution in [2.24, 2.45) is 0 Å². The fourth-order valence-electron chi connectivity index (χ4n) is 3.47. The van der Waals surface area contributed by atoms with Crippen LogP contribution in [0.2, 0.25) is 0 Å². The van der Waals surface area contributed by atoms with Gasteiger partial charge in [0.25, 0.3) is 0 Å². The Morgan fingerprint density at radius 3 is 2.15 bits per heavy atom. The molecule has 0 aliphatic rings. The third-order valence-electron chi connectivity index (χ3n) is 5.34. The van der Waals surface area contributed by atoms with Gasteiger partial charge in [0, 0.05) is 13.5 Å². The predicted octanol–water partition coefficient (Wildman–Crippen LogP) is 3.87. The molecule has 3 aromatic rings. The fourth-order valence-corrected chi connectivity index (χ4v) is 4.83. The lowest BCUT2D eigenvalue weighted by Gasteiger charge is -2.28. The summed E-state index contributed by atoms with van der Waals surface area (Å²) < 4.78 is 37.7. The first-order chi connectivity index (χ1) is 16.3. The Bertz CT molecular complexity index is 1240. The van der Waals surface area contributed by atoms with Gasteiger partial charge in [0.1, 0.15) is 5.75 Å². The molecule has 178 valence electrons. The average Bonchev–Trinajstić information content (AvgIpc) is 2.87. The molecule has 1 amide bonds. The number of nitrogens with zero attached hydrogens (tertiary/aromatic N) is 1. The van der Waals surface area contributed by atoms with Gasteiger partial charge >= 0.3 is 5.97 Å². The summed E-state index contributed by atoms with van der Waals surface area (Å²) in [5.74, 6) is -0.453. The standard InChI is InChI=1S/C25H26N2O6S/c1-27(34(30,31)20-9-5-4-6-10-20)23(18-13-15-19(32-2)16-14-18)17-24(28)26-22-12-8-7-11-21(22)25(29)33-3/h4-16,23H,17H2,1-3H3,(H,26,28)/t23-/m0/s1. The van der Waals surface area contributed by atoms with E-state index in [1.54, 1.807) is 60.7 Å². The van der Waals surface area contributed by atoms with Crippen molar-refractivity contribution < 1.29 is 27.5 Å². The van der Waals surface area contributed by atoms with E-state index in [1.165, 1.54) is 43.8 Å². The first-order valence-corrected chi connectivity index (χ1v) is 11.9. The van der Waals surface area contributed by atoms with Gasteiger partial charge < -0.3 is 14.8 Å². The molecule has 0 unspecified atom stereocenters. The normalized spacial score (nSPS) is 12.1. The van der Waals surface area contributed by atoms with E-state index in [4.69, 9.17) is 9.47 Å². The van der Waals surface area contributed by atoms with Crippen molar-refractivity contribution in [3.8, 4) is 5.75 Å². The topological polar surface area (TPSA) is 102 Å². The molecule has 34 heavy (non-hydrogen) atoms. The fraction of sp³-hybridized carbons (Fsp3) is 0.200. The van der Waals surface area contributed by atoms with E-state index >= 15 is 0 Å². The number of benzene rings is 3. The molecule has 0 radical (unpaired) electrons. The monoisotopic (exact) mass is 482 g/mol. The zero-order valence-electron chi connectivity index (χ0n) is 19.1. The molecular weight excluding hydrogens is 456 g/mol. The molecule has 0 aromatic heterocycles. The Kier molecular flexibility index (Phi) is 8.04. The summed E-state index contributed by atoms with van der Waals surface area (Å²) in [6, 6.07) is 20.5. The van der Waals surface area contributed by atoms with E-state index in [2.05, 4.69) is 5.32 Å². The van der Waals surface area contributed by atoms with Crippen LogP contribution in [0.5, 0.6) is 5.75 Å². The van der Waals surface area contributed by atoms with Crippen LogP contribution in [0.15, 0.2) is 83.8 Å². The van der Waals surface area contributed by atoms with Gasteiger partial charge in [-0.25, -0.2) is 13.2 Å². The lowest BCUT2D eigenvalue weighted by atomic mass is 10.0. The zero-order valence-corrected chi connectivity index (χ0v) is 19.9. The summed E-state index contributed by atoms with van der Waals surface area (Å²) in [7, 11) is 0.326. The molecule has 0 bridgehead atoms. The molecule has 3 aromatic carbocycles. The van der Waals surface area contributed by atoms with Gasteiger partial charge in [0.15, 0.2) is 0 Å². The molecule has 0 fully saturated rings. The quantitative estimate of drug-likeness (QED) is 0.465. The van der Waals surface area contributed by atoms with Crippen molar-refractivity contribution >= 4 is 27.6 Å². The maximum Gasteiger partial charge on any atom is 0.339 e. The summed E-state index contributed by atoms with van der Waals surface area (Å²) >= 11 is 0. The van der Waals surface area contributed by atoms with Crippen LogP contribution in [0.3, 0.4) is 0 Å². The number of para-hydroxylation sites is 1. The molecule has 1 atom stereocenters. The molecule has 0 saturated heterocycles. The maximum atomic E-state index is 13.3. The average molecular weight is 483 g/mol. The highest BCUT2D eigenvalue weighted by atomic mass is 32.2. The Hall–Kier alpha value is -3.69. The summed E-state index contributed by atoms with van der Waals surface area (Å²) in [4.78, 5) is 25.2. The molecule has 0 heterocycles. The van der Waals surface area contributed by atoms with E-state index in [9.17, 15) is 18.0 Å². The first kappa shape index (κ1) is 24.9. The van der Waals surface area contributed by atoms with E-state index in [0.29, 0.717) is 11.3 Å². The van der Waals surface area contributed by atoms with Crippen LogP contribution in [-0.2, 0) is 19.6 Å². The number of carbonyl (C=O) groups excluding carboxylic acids is 2. The predicted molar refractivity (Wildman–Crippen MR) is 128 cm³/mol. The first-order valence-electron chi connectivity index (χ1n) is 10.4. The second kappa shape index (κ2) is 11.0. The number of hydrogen-bond acceptors (Lipinski definition) is 6. The minimum atomic E-state index is -3.90. The van der Waals surface area contributed by atoms with E-state index in [0.717, 1.165) is 0 Å².